The molecule has 31 heavy (non-hydrogen) atoms. The van der Waals surface area contributed by atoms with E-state index in [1.165, 1.54) is 12.1 Å². The molecule has 0 spiro atoms. The van der Waals surface area contributed by atoms with Crippen LogP contribution >= 0.6 is 23.2 Å². The number of morpholine rings is 1. The molecular weight excluding hydrogens is 469 g/mol. The lowest BCUT2D eigenvalue weighted by atomic mass is 10.2. The van der Waals surface area contributed by atoms with Crippen molar-refractivity contribution in [2.75, 3.05) is 45.6 Å². The lowest BCUT2D eigenvalue weighted by Crippen LogP contribution is -2.37. The number of ether oxygens (including phenoxy) is 1. The Balaban J connectivity index is 0.000000614. The van der Waals surface area contributed by atoms with Crippen LogP contribution in [0.3, 0.4) is 0 Å². The SMILES string of the molecule is CS(=O)(=O)O.O=C(NCCCCN1CCOCC1)c1cc(=O)c2c(Cl)cc(Cl)cc2[nH]1. The number of aromatic amines is 1. The van der Waals surface area contributed by atoms with Crippen molar-refractivity contribution in [2.24, 2.45) is 0 Å². The molecule has 1 aliphatic heterocycles. The highest BCUT2D eigenvalue weighted by Gasteiger charge is 2.13. The fraction of sp³-hybridized carbons (Fsp3) is 0.474. The molecule has 0 aliphatic carbocycles. The topological polar surface area (TPSA) is 129 Å². The van der Waals surface area contributed by atoms with E-state index >= 15 is 0 Å². The zero-order chi connectivity index (χ0) is 23.0. The van der Waals surface area contributed by atoms with Crippen molar-refractivity contribution in [3.05, 3.63) is 44.2 Å². The van der Waals surface area contributed by atoms with E-state index in [9.17, 15) is 18.0 Å². The van der Waals surface area contributed by atoms with E-state index in [0.717, 1.165) is 45.7 Å². The second kappa shape index (κ2) is 11.8. The highest BCUT2D eigenvalue weighted by Crippen LogP contribution is 2.24. The van der Waals surface area contributed by atoms with Gasteiger partial charge in [0.1, 0.15) is 5.69 Å². The molecule has 0 radical (unpaired) electrons. The number of nitrogens with zero attached hydrogens (tertiary/aromatic N) is 1. The number of unbranched alkanes of at least 4 members (excludes halogenated alkanes) is 1. The van der Waals surface area contributed by atoms with Crippen molar-refractivity contribution in [2.45, 2.75) is 12.8 Å². The average Bonchev–Trinajstić information content (AvgIpc) is 2.66. The Kier molecular flexibility index (Phi) is 9.73. The summed E-state index contributed by atoms with van der Waals surface area (Å²) in [7, 11) is -3.67. The monoisotopic (exact) mass is 493 g/mol. The summed E-state index contributed by atoms with van der Waals surface area (Å²) in [5, 5.41) is 3.84. The first-order chi connectivity index (χ1) is 14.5. The van der Waals surface area contributed by atoms with Crippen molar-refractivity contribution in [1.29, 1.82) is 0 Å². The molecule has 1 saturated heterocycles. The Morgan fingerprint density at radius 3 is 2.52 bits per heavy atom. The van der Waals surface area contributed by atoms with E-state index in [4.69, 9.17) is 32.5 Å². The van der Waals surface area contributed by atoms with E-state index in [1.807, 2.05) is 0 Å². The van der Waals surface area contributed by atoms with Crippen molar-refractivity contribution in [3.63, 3.8) is 0 Å². The summed E-state index contributed by atoms with van der Waals surface area (Å²) >= 11 is 12.0. The van der Waals surface area contributed by atoms with Crippen molar-refractivity contribution < 1.29 is 22.5 Å². The number of hydrogen-bond donors (Lipinski definition) is 3. The van der Waals surface area contributed by atoms with Crippen LogP contribution in [0, 0.1) is 0 Å². The van der Waals surface area contributed by atoms with Crippen LogP contribution < -0.4 is 10.7 Å². The molecule has 2 aromatic rings. The largest absolute Gasteiger partial charge is 0.379 e. The minimum atomic E-state index is -3.67. The van der Waals surface area contributed by atoms with E-state index in [1.54, 1.807) is 6.07 Å². The van der Waals surface area contributed by atoms with Gasteiger partial charge in [0, 0.05) is 30.7 Å². The van der Waals surface area contributed by atoms with E-state index in [0.29, 0.717) is 28.7 Å². The molecule has 1 aromatic heterocycles. The molecule has 2 heterocycles. The Labute approximate surface area is 190 Å². The van der Waals surface area contributed by atoms with Crippen molar-refractivity contribution >= 4 is 50.1 Å². The smallest absolute Gasteiger partial charge is 0.267 e. The van der Waals surface area contributed by atoms with E-state index in [-0.39, 0.29) is 22.1 Å². The molecule has 3 N–H and O–H groups in total. The van der Waals surface area contributed by atoms with Crippen LogP contribution in [0.15, 0.2) is 23.0 Å². The number of H-pyrrole nitrogens is 1. The van der Waals surface area contributed by atoms with Gasteiger partial charge in [-0.1, -0.05) is 23.2 Å². The summed E-state index contributed by atoms with van der Waals surface area (Å²) in [5.41, 5.74) is 0.347. The molecule has 1 amide bonds. The molecule has 0 atom stereocenters. The average molecular weight is 494 g/mol. The van der Waals surface area contributed by atoms with Gasteiger partial charge >= 0.3 is 0 Å². The van der Waals surface area contributed by atoms with Gasteiger partial charge in [0.2, 0.25) is 0 Å². The minimum absolute atomic E-state index is 0.203. The first-order valence-electron chi connectivity index (χ1n) is 9.57. The number of amides is 1. The molecular formula is C19H25Cl2N3O6S. The number of aromatic nitrogens is 1. The zero-order valence-corrected chi connectivity index (χ0v) is 19.3. The standard InChI is InChI=1S/C18H21Cl2N3O3.CH4O3S/c19-12-9-13(20)17-14(10-12)22-15(11-16(17)24)18(25)21-3-1-2-4-23-5-7-26-8-6-23;1-5(2,3)4/h9-11H,1-8H2,(H,21,25)(H,22,24);1H3,(H,2,3,4). The fourth-order valence-corrected chi connectivity index (χ4v) is 3.60. The van der Waals surface area contributed by atoms with Gasteiger partial charge in [-0.25, -0.2) is 0 Å². The summed E-state index contributed by atoms with van der Waals surface area (Å²) in [6.45, 7) is 5.08. The third kappa shape index (κ3) is 9.14. The predicted molar refractivity (Wildman–Crippen MR) is 121 cm³/mol. The third-order valence-electron chi connectivity index (χ3n) is 4.38. The number of rotatable bonds is 6. The van der Waals surface area contributed by atoms with Crippen molar-refractivity contribution in [3.8, 4) is 0 Å². The number of carbonyl (C=O) groups is 1. The summed E-state index contributed by atoms with van der Waals surface area (Å²) in [6, 6.07) is 4.36. The van der Waals surface area contributed by atoms with Crippen LogP contribution in [-0.2, 0) is 14.9 Å². The molecule has 1 fully saturated rings. The number of carbonyl (C=O) groups excluding carboxylic acids is 1. The Hall–Kier alpha value is -1.69. The van der Waals surface area contributed by atoms with Gasteiger partial charge in [-0.05, 0) is 31.5 Å². The Bertz CT molecular complexity index is 1060. The molecule has 9 nitrogen and oxygen atoms in total. The molecule has 1 aromatic carbocycles. The number of pyridine rings is 1. The molecule has 0 unspecified atom stereocenters. The van der Waals surface area contributed by atoms with Gasteiger partial charge in [0.05, 0.1) is 35.4 Å². The third-order valence-corrected chi connectivity index (χ3v) is 4.90. The van der Waals surface area contributed by atoms with Gasteiger partial charge in [0.25, 0.3) is 16.0 Å². The van der Waals surface area contributed by atoms with Crippen LogP contribution in [0.25, 0.3) is 10.9 Å². The molecule has 172 valence electrons. The van der Waals surface area contributed by atoms with Crippen LogP contribution in [0.4, 0.5) is 0 Å². The van der Waals surface area contributed by atoms with Crippen LogP contribution in [0.2, 0.25) is 10.0 Å². The summed E-state index contributed by atoms with van der Waals surface area (Å²) in [6.07, 6.45) is 2.59. The predicted octanol–water partition coefficient (Wildman–Crippen LogP) is 2.18. The minimum Gasteiger partial charge on any atom is -0.379 e. The van der Waals surface area contributed by atoms with Crippen LogP contribution in [0.5, 0.6) is 0 Å². The highest BCUT2D eigenvalue weighted by atomic mass is 35.5. The van der Waals surface area contributed by atoms with Gasteiger partial charge < -0.3 is 15.0 Å². The molecule has 12 heteroatoms. The number of halogens is 2. The lowest BCUT2D eigenvalue weighted by Gasteiger charge is -2.26. The van der Waals surface area contributed by atoms with Gasteiger partial charge in [-0.3, -0.25) is 19.0 Å². The van der Waals surface area contributed by atoms with E-state index < -0.39 is 10.1 Å². The molecule has 0 bridgehead atoms. The Morgan fingerprint density at radius 2 is 1.87 bits per heavy atom. The van der Waals surface area contributed by atoms with E-state index in [2.05, 4.69) is 15.2 Å². The Morgan fingerprint density at radius 1 is 1.23 bits per heavy atom. The maximum absolute atomic E-state index is 12.3. The quantitative estimate of drug-likeness (QED) is 0.415. The van der Waals surface area contributed by atoms with Crippen molar-refractivity contribution in [1.82, 2.24) is 15.2 Å². The van der Waals surface area contributed by atoms with Crippen LogP contribution in [-0.4, -0.2) is 74.4 Å². The summed E-state index contributed by atoms with van der Waals surface area (Å²) in [5.74, 6) is -0.313. The van der Waals surface area contributed by atoms with Crippen LogP contribution in [0.1, 0.15) is 23.3 Å². The van der Waals surface area contributed by atoms with Gasteiger partial charge in [-0.2, -0.15) is 8.42 Å². The number of hydrogen-bond acceptors (Lipinski definition) is 6. The number of fused-ring (bicyclic) bond motifs is 1. The second-order valence-electron chi connectivity index (χ2n) is 7.01. The number of nitrogens with one attached hydrogen (secondary N) is 2. The zero-order valence-electron chi connectivity index (χ0n) is 17.0. The highest BCUT2D eigenvalue weighted by molar-refractivity contribution is 7.85. The molecule has 0 saturated carbocycles. The van der Waals surface area contributed by atoms with Gasteiger partial charge in [0.15, 0.2) is 5.43 Å². The lowest BCUT2D eigenvalue weighted by molar-refractivity contribution is 0.0372. The first kappa shape index (κ1) is 25.6. The van der Waals surface area contributed by atoms with Gasteiger partial charge in [-0.15, -0.1) is 0 Å². The molecule has 1 aliphatic rings. The fourth-order valence-electron chi connectivity index (χ4n) is 3.01. The number of benzene rings is 1. The maximum Gasteiger partial charge on any atom is 0.267 e. The summed E-state index contributed by atoms with van der Waals surface area (Å²) in [4.78, 5) is 29.8. The molecule has 3 rings (SSSR count). The normalized spacial score (nSPS) is 14.7. The first-order valence-corrected chi connectivity index (χ1v) is 12.2. The second-order valence-corrected chi connectivity index (χ2v) is 9.32. The summed E-state index contributed by atoms with van der Waals surface area (Å²) < 4.78 is 31.2. The maximum atomic E-state index is 12.3.